The van der Waals surface area contributed by atoms with Gasteiger partial charge in [0, 0.05) is 11.1 Å². The second-order valence-corrected chi connectivity index (χ2v) is 4.67. The van der Waals surface area contributed by atoms with Gasteiger partial charge in [-0.25, -0.2) is 0 Å². The van der Waals surface area contributed by atoms with Crippen LogP contribution in [0.25, 0.3) is 0 Å². The molecule has 0 aromatic heterocycles. The minimum absolute atomic E-state index is 0.466. The quantitative estimate of drug-likeness (QED) is 0.784. The van der Waals surface area contributed by atoms with Gasteiger partial charge in [-0.05, 0) is 30.5 Å². The molecule has 1 rings (SSSR count). The van der Waals surface area contributed by atoms with E-state index in [4.69, 9.17) is 11.6 Å². The summed E-state index contributed by atoms with van der Waals surface area (Å²) in [5.41, 5.74) is 1.25. The first-order valence-electron chi connectivity index (χ1n) is 6.18. The van der Waals surface area contributed by atoms with Gasteiger partial charge in [0.05, 0.1) is 0 Å². The average Bonchev–Trinajstić information content (AvgIpc) is 2.28. The Morgan fingerprint density at radius 1 is 1.25 bits per heavy atom. The van der Waals surface area contributed by atoms with Crippen LogP contribution in [0.4, 0.5) is 0 Å². The first-order chi connectivity index (χ1) is 7.70. The number of benzene rings is 1. The molecule has 0 fully saturated rings. The van der Waals surface area contributed by atoms with Gasteiger partial charge in [-0.2, -0.15) is 0 Å². The third kappa shape index (κ3) is 3.50. The third-order valence-corrected chi connectivity index (χ3v) is 3.41. The standard InChI is InChI=1S/C14H22ClN/c1-4-8-14(16-5-2)11(3)12-9-6-7-10-13(12)15/h6-7,9-11,14,16H,4-5,8H2,1-3H3. The van der Waals surface area contributed by atoms with Crippen molar-refractivity contribution in [3.05, 3.63) is 34.9 Å². The molecule has 0 heterocycles. The molecule has 2 atom stereocenters. The summed E-state index contributed by atoms with van der Waals surface area (Å²) in [4.78, 5) is 0. The van der Waals surface area contributed by atoms with Crippen LogP contribution in [-0.4, -0.2) is 12.6 Å². The highest BCUT2D eigenvalue weighted by Gasteiger charge is 2.18. The van der Waals surface area contributed by atoms with Crippen LogP contribution in [0.3, 0.4) is 0 Å². The highest BCUT2D eigenvalue weighted by molar-refractivity contribution is 6.31. The normalized spacial score (nSPS) is 14.8. The fourth-order valence-corrected chi connectivity index (χ4v) is 2.47. The summed E-state index contributed by atoms with van der Waals surface area (Å²) in [5.74, 6) is 0.466. The second kappa shape index (κ2) is 6.93. The van der Waals surface area contributed by atoms with Gasteiger partial charge >= 0.3 is 0 Å². The molecule has 1 aromatic carbocycles. The van der Waals surface area contributed by atoms with Gasteiger partial charge < -0.3 is 5.32 Å². The molecule has 2 heteroatoms. The lowest BCUT2D eigenvalue weighted by atomic mass is 9.90. The van der Waals surface area contributed by atoms with Crippen molar-refractivity contribution in [3.8, 4) is 0 Å². The van der Waals surface area contributed by atoms with E-state index in [1.165, 1.54) is 18.4 Å². The van der Waals surface area contributed by atoms with E-state index in [1.807, 2.05) is 12.1 Å². The average molecular weight is 240 g/mol. The molecule has 0 saturated carbocycles. The van der Waals surface area contributed by atoms with Crippen molar-refractivity contribution in [1.29, 1.82) is 0 Å². The van der Waals surface area contributed by atoms with Crippen LogP contribution in [0.1, 0.15) is 45.1 Å². The Hall–Kier alpha value is -0.530. The van der Waals surface area contributed by atoms with E-state index in [1.54, 1.807) is 0 Å². The second-order valence-electron chi connectivity index (χ2n) is 4.26. The van der Waals surface area contributed by atoms with Crippen molar-refractivity contribution in [3.63, 3.8) is 0 Å². The minimum Gasteiger partial charge on any atom is -0.314 e. The van der Waals surface area contributed by atoms with E-state index in [0.29, 0.717) is 12.0 Å². The molecule has 0 saturated heterocycles. The summed E-state index contributed by atoms with van der Waals surface area (Å²) in [7, 11) is 0. The van der Waals surface area contributed by atoms with E-state index in [2.05, 4.69) is 38.2 Å². The molecule has 1 nitrogen and oxygen atoms in total. The van der Waals surface area contributed by atoms with Crippen LogP contribution in [0.5, 0.6) is 0 Å². The molecule has 0 aliphatic rings. The number of nitrogens with one attached hydrogen (secondary N) is 1. The molecular formula is C14H22ClN. The Balaban J connectivity index is 2.81. The maximum atomic E-state index is 6.24. The monoisotopic (exact) mass is 239 g/mol. The van der Waals surface area contributed by atoms with Gasteiger partial charge in [0.2, 0.25) is 0 Å². The predicted molar refractivity (Wildman–Crippen MR) is 72.2 cm³/mol. The van der Waals surface area contributed by atoms with Crippen LogP contribution in [0.2, 0.25) is 5.02 Å². The molecule has 2 unspecified atom stereocenters. The van der Waals surface area contributed by atoms with Gasteiger partial charge in [0.15, 0.2) is 0 Å². The molecule has 0 radical (unpaired) electrons. The third-order valence-electron chi connectivity index (χ3n) is 3.07. The highest BCUT2D eigenvalue weighted by Crippen LogP contribution is 2.28. The fraction of sp³-hybridized carbons (Fsp3) is 0.571. The van der Waals surface area contributed by atoms with Crippen molar-refractivity contribution in [2.24, 2.45) is 0 Å². The van der Waals surface area contributed by atoms with E-state index < -0.39 is 0 Å². The van der Waals surface area contributed by atoms with Crippen LogP contribution in [-0.2, 0) is 0 Å². The molecule has 90 valence electrons. The lowest BCUT2D eigenvalue weighted by Gasteiger charge is -2.25. The summed E-state index contributed by atoms with van der Waals surface area (Å²) < 4.78 is 0. The number of hydrogen-bond acceptors (Lipinski definition) is 1. The molecule has 0 spiro atoms. The number of rotatable bonds is 6. The summed E-state index contributed by atoms with van der Waals surface area (Å²) in [6.45, 7) is 7.65. The molecule has 0 aliphatic heterocycles. The molecule has 1 aromatic rings. The summed E-state index contributed by atoms with van der Waals surface area (Å²) >= 11 is 6.24. The van der Waals surface area contributed by atoms with Crippen LogP contribution in [0, 0.1) is 0 Å². The Morgan fingerprint density at radius 2 is 1.94 bits per heavy atom. The lowest BCUT2D eigenvalue weighted by Crippen LogP contribution is -2.33. The Labute approximate surface area is 104 Å². The topological polar surface area (TPSA) is 12.0 Å². The maximum absolute atomic E-state index is 6.24. The maximum Gasteiger partial charge on any atom is 0.0441 e. The van der Waals surface area contributed by atoms with Crippen LogP contribution < -0.4 is 5.32 Å². The van der Waals surface area contributed by atoms with Crippen molar-refractivity contribution < 1.29 is 0 Å². The SMILES string of the molecule is CCCC(NCC)C(C)c1ccccc1Cl. The molecule has 0 bridgehead atoms. The van der Waals surface area contributed by atoms with Gasteiger partial charge in [-0.3, -0.25) is 0 Å². The first kappa shape index (κ1) is 13.5. The van der Waals surface area contributed by atoms with Crippen molar-refractivity contribution >= 4 is 11.6 Å². The zero-order chi connectivity index (χ0) is 12.0. The molecule has 0 amide bonds. The summed E-state index contributed by atoms with van der Waals surface area (Å²) in [5, 5.41) is 4.43. The van der Waals surface area contributed by atoms with E-state index in [-0.39, 0.29) is 0 Å². The zero-order valence-corrected chi connectivity index (χ0v) is 11.2. The smallest absolute Gasteiger partial charge is 0.0441 e. The van der Waals surface area contributed by atoms with Gasteiger partial charge in [0.1, 0.15) is 0 Å². The summed E-state index contributed by atoms with van der Waals surface area (Å²) in [6, 6.07) is 8.68. The highest BCUT2D eigenvalue weighted by atomic mass is 35.5. The number of likely N-dealkylation sites (N-methyl/N-ethyl adjacent to an activating group) is 1. The van der Waals surface area contributed by atoms with Crippen LogP contribution >= 0.6 is 11.6 Å². The van der Waals surface area contributed by atoms with Crippen molar-refractivity contribution in [2.45, 2.75) is 45.6 Å². The van der Waals surface area contributed by atoms with E-state index in [9.17, 15) is 0 Å². The fourth-order valence-electron chi connectivity index (χ4n) is 2.16. The Kier molecular flexibility index (Phi) is 5.86. The Bertz CT molecular complexity index is 305. The van der Waals surface area contributed by atoms with Crippen LogP contribution in [0.15, 0.2) is 24.3 Å². The van der Waals surface area contributed by atoms with Gasteiger partial charge in [0.25, 0.3) is 0 Å². The van der Waals surface area contributed by atoms with Gasteiger partial charge in [-0.15, -0.1) is 0 Å². The Morgan fingerprint density at radius 3 is 2.50 bits per heavy atom. The first-order valence-corrected chi connectivity index (χ1v) is 6.56. The van der Waals surface area contributed by atoms with Crippen molar-refractivity contribution in [1.82, 2.24) is 5.32 Å². The molecule has 1 N–H and O–H groups in total. The van der Waals surface area contributed by atoms with Gasteiger partial charge in [-0.1, -0.05) is 57.0 Å². The predicted octanol–water partition coefficient (Wildman–Crippen LogP) is 4.22. The minimum atomic E-state index is 0.466. The number of halogens is 1. The van der Waals surface area contributed by atoms with Crippen molar-refractivity contribution in [2.75, 3.05) is 6.54 Å². The van der Waals surface area contributed by atoms with E-state index >= 15 is 0 Å². The largest absolute Gasteiger partial charge is 0.314 e. The molecule has 0 aliphatic carbocycles. The van der Waals surface area contributed by atoms with E-state index in [0.717, 1.165) is 11.6 Å². The number of hydrogen-bond donors (Lipinski definition) is 1. The summed E-state index contributed by atoms with van der Waals surface area (Å²) in [6.07, 6.45) is 2.40. The zero-order valence-electron chi connectivity index (χ0n) is 10.5. The molecule has 16 heavy (non-hydrogen) atoms. The molecular weight excluding hydrogens is 218 g/mol. The lowest BCUT2D eigenvalue weighted by molar-refractivity contribution is 0.430.